The SMILES string of the molecule is NC1(c2noc(COCCc3ccccc3)n2)CCCC1. The van der Waals surface area contributed by atoms with Crippen LogP contribution in [0.25, 0.3) is 0 Å². The van der Waals surface area contributed by atoms with Crippen LogP contribution in [0.5, 0.6) is 0 Å². The fourth-order valence-electron chi connectivity index (χ4n) is 2.74. The van der Waals surface area contributed by atoms with Gasteiger partial charge in [0.15, 0.2) is 5.82 Å². The Morgan fingerprint density at radius 1 is 1.19 bits per heavy atom. The van der Waals surface area contributed by atoms with Gasteiger partial charge in [-0.1, -0.05) is 48.3 Å². The molecule has 1 aromatic carbocycles. The third kappa shape index (κ3) is 3.49. The van der Waals surface area contributed by atoms with Crippen LogP contribution < -0.4 is 5.73 Å². The Balaban J connectivity index is 1.47. The molecular formula is C16H21N3O2. The molecule has 1 heterocycles. The van der Waals surface area contributed by atoms with E-state index in [0.717, 1.165) is 32.1 Å². The van der Waals surface area contributed by atoms with Gasteiger partial charge in [0.2, 0.25) is 0 Å². The molecule has 21 heavy (non-hydrogen) atoms. The molecule has 0 amide bonds. The summed E-state index contributed by atoms with van der Waals surface area (Å²) in [7, 11) is 0. The van der Waals surface area contributed by atoms with Crippen LogP contribution in [-0.2, 0) is 23.3 Å². The van der Waals surface area contributed by atoms with Gasteiger partial charge in [-0.15, -0.1) is 0 Å². The lowest BCUT2D eigenvalue weighted by atomic mass is 9.99. The van der Waals surface area contributed by atoms with Crippen molar-refractivity contribution in [1.29, 1.82) is 0 Å². The summed E-state index contributed by atoms with van der Waals surface area (Å²) in [6, 6.07) is 10.2. The quantitative estimate of drug-likeness (QED) is 0.826. The third-order valence-electron chi connectivity index (χ3n) is 4.01. The molecule has 0 atom stereocenters. The molecule has 0 radical (unpaired) electrons. The Bertz CT molecular complexity index is 562. The lowest BCUT2D eigenvalue weighted by Gasteiger charge is -2.17. The molecule has 112 valence electrons. The van der Waals surface area contributed by atoms with Gasteiger partial charge >= 0.3 is 0 Å². The summed E-state index contributed by atoms with van der Waals surface area (Å²) in [5.74, 6) is 1.14. The smallest absolute Gasteiger partial charge is 0.252 e. The minimum atomic E-state index is -0.397. The van der Waals surface area contributed by atoms with E-state index in [2.05, 4.69) is 22.3 Å². The summed E-state index contributed by atoms with van der Waals surface area (Å²) in [6.07, 6.45) is 5.01. The molecule has 5 nitrogen and oxygen atoms in total. The Hall–Kier alpha value is -1.72. The van der Waals surface area contributed by atoms with E-state index in [1.54, 1.807) is 0 Å². The standard InChI is InChI=1S/C16H21N3O2/c17-16(9-4-5-10-16)15-18-14(21-19-15)12-20-11-8-13-6-2-1-3-7-13/h1-3,6-7H,4-5,8-12,17H2. The zero-order chi connectivity index (χ0) is 14.5. The van der Waals surface area contributed by atoms with Gasteiger partial charge in [-0.05, 0) is 24.8 Å². The highest BCUT2D eigenvalue weighted by molar-refractivity contribution is 5.14. The van der Waals surface area contributed by atoms with Crippen LogP contribution in [0.3, 0.4) is 0 Å². The second kappa shape index (κ2) is 6.37. The van der Waals surface area contributed by atoms with E-state index >= 15 is 0 Å². The normalized spacial score (nSPS) is 17.2. The second-order valence-corrected chi connectivity index (χ2v) is 5.66. The molecule has 3 rings (SSSR count). The summed E-state index contributed by atoms with van der Waals surface area (Å²) in [5, 5.41) is 4.02. The van der Waals surface area contributed by atoms with Crippen LogP contribution in [0.15, 0.2) is 34.9 Å². The summed E-state index contributed by atoms with van der Waals surface area (Å²) in [5.41, 5.74) is 7.16. The monoisotopic (exact) mass is 287 g/mol. The number of hydrogen-bond donors (Lipinski definition) is 1. The summed E-state index contributed by atoms with van der Waals surface area (Å²) in [6.45, 7) is 0.978. The predicted molar refractivity (Wildman–Crippen MR) is 78.4 cm³/mol. The van der Waals surface area contributed by atoms with Crippen molar-refractivity contribution in [3.8, 4) is 0 Å². The molecule has 5 heteroatoms. The molecule has 1 aliphatic rings. The Kier molecular flexibility index (Phi) is 4.31. The minimum absolute atomic E-state index is 0.343. The van der Waals surface area contributed by atoms with Crippen molar-refractivity contribution >= 4 is 0 Å². The average molecular weight is 287 g/mol. The van der Waals surface area contributed by atoms with E-state index in [-0.39, 0.29) is 0 Å². The van der Waals surface area contributed by atoms with Crippen molar-refractivity contribution in [1.82, 2.24) is 10.1 Å². The number of benzene rings is 1. The highest BCUT2D eigenvalue weighted by atomic mass is 16.5. The van der Waals surface area contributed by atoms with Crippen molar-refractivity contribution in [3.05, 3.63) is 47.6 Å². The molecule has 2 aromatic rings. The number of ether oxygens (including phenoxy) is 1. The van der Waals surface area contributed by atoms with Crippen LogP contribution in [0.4, 0.5) is 0 Å². The number of nitrogens with two attached hydrogens (primary N) is 1. The van der Waals surface area contributed by atoms with Crippen LogP contribution in [0, 0.1) is 0 Å². The molecule has 0 saturated heterocycles. The Labute approximate surface area is 124 Å². The van der Waals surface area contributed by atoms with Gasteiger partial charge in [-0.3, -0.25) is 0 Å². The fourth-order valence-corrected chi connectivity index (χ4v) is 2.74. The van der Waals surface area contributed by atoms with E-state index in [9.17, 15) is 0 Å². The number of nitrogens with zero attached hydrogens (tertiary/aromatic N) is 2. The maximum absolute atomic E-state index is 6.30. The maximum Gasteiger partial charge on any atom is 0.252 e. The van der Waals surface area contributed by atoms with Crippen molar-refractivity contribution < 1.29 is 9.26 Å². The second-order valence-electron chi connectivity index (χ2n) is 5.66. The van der Waals surface area contributed by atoms with E-state index in [4.69, 9.17) is 15.0 Å². The van der Waals surface area contributed by atoms with Gasteiger partial charge in [0.25, 0.3) is 5.89 Å². The zero-order valence-corrected chi connectivity index (χ0v) is 12.1. The van der Waals surface area contributed by atoms with Gasteiger partial charge in [0.1, 0.15) is 6.61 Å². The van der Waals surface area contributed by atoms with Crippen molar-refractivity contribution in [3.63, 3.8) is 0 Å². The van der Waals surface area contributed by atoms with Gasteiger partial charge in [-0.2, -0.15) is 4.98 Å². The van der Waals surface area contributed by atoms with Crippen molar-refractivity contribution in [2.45, 2.75) is 44.2 Å². The summed E-state index contributed by atoms with van der Waals surface area (Å²) >= 11 is 0. The number of rotatable bonds is 6. The van der Waals surface area contributed by atoms with E-state index < -0.39 is 5.54 Å². The zero-order valence-electron chi connectivity index (χ0n) is 12.1. The van der Waals surface area contributed by atoms with Gasteiger partial charge < -0.3 is 15.0 Å². The molecular weight excluding hydrogens is 266 g/mol. The average Bonchev–Trinajstić information content (AvgIpc) is 3.15. The molecule has 1 aliphatic carbocycles. The van der Waals surface area contributed by atoms with E-state index in [0.29, 0.717) is 24.9 Å². The Morgan fingerprint density at radius 3 is 2.71 bits per heavy atom. The number of hydrogen-bond acceptors (Lipinski definition) is 5. The molecule has 1 fully saturated rings. The molecule has 0 spiro atoms. The molecule has 2 N–H and O–H groups in total. The van der Waals surface area contributed by atoms with Crippen LogP contribution in [-0.4, -0.2) is 16.7 Å². The van der Waals surface area contributed by atoms with Gasteiger partial charge in [0.05, 0.1) is 12.1 Å². The number of aromatic nitrogens is 2. The van der Waals surface area contributed by atoms with Gasteiger partial charge in [0, 0.05) is 0 Å². The largest absolute Gasteiger partial charge is 0.371 e. The highest BCUT2D eigenvalue weighted by Crippen LogP contribution is 2.34. The van der Waals surface area contributed by atoms with Crippen molar-refractivity contribution in [2.24, 2.45) is 5.73 Å². The Morgan fingerprint density at radius 2 is 1.95 bits per heavy atom. The molecule has 0 unspecified atom stereocenters. The highest BCUT2D eigenvalue weighted by Gasteiger charge is 2.35. The lowest BCUT2D eigenvalue weighted by Crippen LogP contribution is -2.34. The first kappa shape index (κ1) is 14.2. The maximum atomic E-state index is 6.30. The van der Waals surface area contributed by atoms with E-state index in [1.165, 1.54) is 5.56 Å². The topological polar surface area (TPSA) is 74.2 Å². The minimum Gasteiger partial charge on any atom is -0.371 e. The molecule has 0 bridgehead atoms. The summed E-state index contributed by atoms with van der Waals surface area (Å²) < 4.78 is 10.8. The summed E-state index contributed by atoms with van der Waals surface area (Å²) in [4.78, 5) is 4.38. The van der Waals surface area contributed by atoms with E-state index in [1.807, 2.05) is 18.2 Å². The first-order chi connectivity index (χ1) is 10.3. The van der Waals surface area contributed by atoms with Crippen LogP contribution in [0.2, 0.25) is 0 Å². The van der Waals surface area contributed by atoms with Gasteiger partial charge in [-0.25, -0.2) is 0 Å². The first-order valence-electron chi connectivity index (χ1n) is 7.50. The van der Waals surface area contributed by atoms with Crippen molar-refractivity contribution in [2.75, 3.05) is 6.61 Å². The fraction of sp³-hybridized carbons (Fsp3) is 0.500. The molecule has 0 aliphatic heterocycles. The van der Waals surface area contributed by atoms with Crippen LogP contribution in [0.1, 0.15) is 43.0 Å². The lowest BCUT2D eigenvalue weighted by molar-refractivity contribution is 0.100. The molecule has 1 aromatic heterocycles. The predicted octanol–water partition coefficient (Wildman–Crippen LogP) is 2.56. The van der Waals surface area contributed by atoms with Crippen LogP contribution >= 0.6 is 0 Å². The molecule has 1 saturated carbocycles. The first-order valence-corrected chi connectivity index (χ1v) is 7.50. The third-order valence-corrected chi connectivity index (χ3v) is 4.01.